The number of alkyl halides is 3. The molecule has 0 bridgehead atoms. The predicted octanol–water partition coefficient (Wildman–Crippen LogP) is 2.30. The minimum absolute atomic E-state index is 0.367. The topological polar surface area (TPSA) is 49.8 Å². The number of nitriles is 1. The van der Waals surface area contributed by atoms with E-state index >= 15 is 0 Å². The van der Waals surface area contributed by atoms with Crippen LogP contribution >= 0.6 is 0 Å². The van der Waals surface area contributed by atoms with Crippen LogP contribution in [0.15, 0.2) is 12.1 Å². The number of benzene rings is 1. The zero-order valence-electron chi connectivity index (χ0n) is 6.69. The van der Waals surface area contributed by atoms with Gasteiger partial charge in [0, 0.05) is 5.69 Å². The number of hydrogen-bond donors (Lipinski definition) is 1. The molecule has 0 aliphatic rings. The molecule has 0 radical (unpaired) electrons. The van der Waals surface area contributed by atoms with E-state index in [2.05, 4.69) is 0 Å². The van der Waals surface area contributed by atoms with Gasteiger partial charge < -0.3 is 5.73 Å². The van der Waals surface area contributed by atoms with Gasteiger partial charge in [0.15, 0.2) is 0 Å². The van der Waals surface area contributed by atoms with Gasteiger partial charge in [0.2, 0.25) is 0 Å². The molecule has 6 heteroatoms. The van der Waals surface area contributed by atoms with Crippen LogP contribution in [-0.4, -0.2) is 0 Å². The third-order valence-corrected chi connectivity index (χ3v) is 1.53. The SMILES string of the molecule is N#Cc1c(F)cc(N)cc1C(F)(F)F. The third kappa shape index (κ3) is 1.76. The Labute approximate surface area is 76.6 Å². The molecule has 1 aromatic rings. The van der Waals surface area contributed by atoms with Crippen LogP contribution in [0, 0.1) is 17.1 Å². The molecule has 0 unspecified atom stereocenters. The monoisotopic (exact) mass is 204 g/mol. The van der Waals surface area contributed by atoms with Crippen molar-refractivity contribution in [1.29, 1.82) is 5.26 Å². The van der Waals surface area contributed by atoms with Crippen LogP contribution in [0.5, 0.6) is 0 Å². The van der Waals surface area contributed by atoms with Gasteiger partial charge in [0.1, 0.15) is 17.4 Å². The molecular formula is C8H4F4N2. The van der Waals surface area contributed by atoms with Gasteiger partial charge in [-0.05, 0) is 12.1 Å². The number of halogens is 4. The summed E-state index contributed by atoms with van der Waals surface area (Å²) in [6.07, 6.45) is -4.78. The lowest BCUT2D eigenvalue weighted by molar-refractivity contribution is -0.137. The molecule has 1 rings (SSSR count). The Balaban J connectivity index is 3.50. The molecule has 0 atom stereocenters. The van der Waals surface area contributed by atoms with Gasteiger partial charge in [-0.1, -0.05) is 0 Å². The van der Waals surface area contributed by atoms with Gasteiger partial charge in [-0.25, -0.2) is 4.39 Å². The molecule has 14 heavy (non-hydrogen) atoms. The second-order valence-corrected chi connectivity index (χ2v) is 2.53. The van der Waals surface area contributed by atoms with E-state index in [1.54, 1.807) is 0 Å². The summed E-state index contributed by atoms with van der Waals surface area (Å²) in [5, 5.41) is 8.32. The number of hydrogen-bond acceptors (Lipinski definition) is 2. The fourth-order valence-corrected chi connectivity index (χ4v) is 0.965. The molecule has 2 N–H and O–H groups in total. The first-order valence-corrected chi connectivity index (χ1v) is 3.42. The van der Waals surface area contributed by atoms with E-state index in [4.69, 9.17) is 11.0 Å². The van der Waals surface area contributed by atoms with Crippen molar-refractivity contribution in [3.05, 3.63) is 29.1 Å². The molecule has 0 spiro atoms. The summed E-state index contributed by atoms with van der Waals surface area (Å²) < 4.78 is 49.5. The largest absolute Gasteiger partial charge is 0.417 e. The van der Waals surface area contributed by atoms with Crippen LogP contribution in [0.1, 0.15) is 11.1 Å². The average Bonchev–Trinajstić information content (AvgIpc) is 2.01. The fourth-order valence-electron chi connectivity index (χ4n) is 0.965. The van der Waals surface area contributed by atoms with E-state index in [-0.39, 0.29) is 5.69 Å². The maximum atomic E-state index is 12.8. The van der Waals surface area contributed by atoms with Crippen molar-refractivity contribution in [3.63, 3.8) is 0 Å². The van der Waals surface area contributed by atoms with Crippen LogP contribution in [0.2, 0.25) is 0 Å². The molecule has 74 valence electrons. The molecule has 0 saturated carbocycles. The summed E-state index contributed by atoms with van der Waals surface area (Å²) in [5.74, 6) is -1.26. The summed E-state index contributed by atoms with van der Waals surface area (Å²) in [6.45, 7) is 0. The zero-order chi connectivity index (χ0) is 10.9. The molecule has 1 aromatic carbocycles. The van der Waals surface area contributed by atoms with Gasteiger partial charge in [0.25, 0.3) is 0 Å². The van der Waals surface area contributed by atoms with Crippen LogP contribution in [0.25, 0.3) is 0 Å². The van der Waals surface area contributed by atoms with Crippen molar-refractivity contribution in [1.82, 2.24) is 0 Å². The molecule has 0 aliphatic heterocycles. The number of rotatable bonds is 0. The third-order valence-electron chi connectivity index (χ3n) is 1.53. The van der Waals surface area contributed by atoms with Gasteiger partial charge in [-0.3, -0.25) is 0 Å². The Morgan fingerprint density at radius 2 is 1.86 bits per heavy atom. The van der Waals surface area contributed by atoms with Crippen LogP contribution in [0.3, 0.4) is 0 Å². The lowest BCUT2D eigenvalue weighted by Crippen LogP contribution is -2.10. The molecule has 0 aromatic heterocycles. The van der Waals surface area contributed by atoms with Gasteiger partial charge in [-0.2, -0.15) is 18.4 Å². The molecule has 0 saturated heterocycles. The summed E-state index contributed by atoms with van der Waals surface area (Å²) in [6, 6.07) is 2.35. The van der Waals surface area contributed by atoms with Gasteiger partial charge >= 0.3 is 6.18 Å². The number of nitrogen functional groups attached to an aromatic ring is 1. The smallest absolute Gasteiger partial charge is 0.399 e. The Kier molecular flexibility index (Phi) is 2.34. The number of nitrogens with zero attached hydrogens (tertiary/aromatic N) is 1. The van der Waals surface area contributed by atoms with E-state index in [1.165, 1.54) is 0 Å². The van der Waals surface area contributed by atoms with E-state index in [9.17, 15) is 17.6 Å². The summed E-state index contributed by atoms with van der Waals surface area (Å²) >= 11 is 0. The molecule has 0 fully saturated rings. The van der Waals surface area contributed by atoms with Crippen LogP contribution in [-0.2, 0) is 6.18 Å². The van der Waals surface area contributed by atoms with Crippen molar-refractivity contribution < 1.29 is 17.6 Å². The minimum Gasteiger partial charge on any atom is -0.399 e. The zero-order valence-corrected chi connectivity index (χ0v) is 6.69. The first-order chi connectivity index (χ1) is 6.36. The minimum atomic E-state index is -4.78. The molecule has 0 amide bonds. The summed E-state index contributed by atoms with van der Waals surface area (Å²) in [4.78, 5) is 0. The molecule has 0 heterocycles. The highest BCUT2D eigenvalue weighted by molar-refractivity contribution is 5.51. The standard InChI is InChI=1S/C8H4F4N2/c9-7-2-4(14)1-6(5(7)3-13)8(10,11)12/h1-2H,14H2. The first kappa shape index (κ1) is 10.3. The van der Waals surface area contributed by atoms with Crippen LogP contribution in [0.4, 0.5) is 23.2 Å². The Hall–Kier alpha value is -1.77. The molecule has 2 nitrogen and oxygen atoms in total. The van der Waals surface area contributed by atoms with Gasteiger partial charge in [0.05, 0.1) is 5.56 Å². The lowest BCUT2D eigenvalue weighted by atomic mass is 10.1. The lowest BCUT2D eigenvalue weighted by Gasteiger charge is -2.09. The van der Waals surface area contributed by atoms with Crippen molar-refractivity contribution in [2.75, 3.05) is 5.73 Å². The second-order valence-electron chi connectivity index (χ2n) is 2.53. The normalized spacial score (nSPS) is 11.1. The van der Waals surface area contributed by atoms with Crippen molar-refractivity contribution in [2.24, 2.45) is 0 Å². The Bertz CT molecular complexity index is 403. The maximum absolute atomic E-state index is 12.8. The average molecular weight is 204 g/mol. The predicted molar refractivity (Wildman–Crippen MR) is 40.5 cm³/mol. The maximum Gasteiger partial charge on any atom is 0.417 e. The quantitative estimate of drug-likeness (QED) is 0.520. The van der Waals surface area contributed by atoms with Crippen molar-refractivity contribution in [2.45, 2.75) is 6.18 Å². The highest BCUT2D eigenvalue weighted by Gasteiger charge is 2.35. The fraction of sp³-hybridized carbons (Fsp3) is 0.125. The van der Waals surface area contributed by atoms with E-state index in [0.29, 0.717) is 12.1 Å². The Morgan fingerprint density at radius 1 is 1.29 bits per heavy atom. The van der Waals surface area contributed by atoms with E-state index in [0.717, 1.165) is 6.07 Å². The molecular weight excluding hydrogens is 200 g/mol. The number of anilines is 1. The van der Waals surface area contributed by atoms with Crippen molar-refractivity contribution in [3.8, 4) is 6.07 Å². The molecule has 0 aliphatic carbocycles. The first-order valence-electron chi connectivity index (χ1n) is 3.42. The Morgan fingerprint density at radius 3 is 2.29 bits per heavy atom. The number of nitrogens with two attached hydrogens (primary N) is 1. The van der Waals surface area contributed by atoms with E-state index < -0.39 is 23.1 Å². The highest BCUT2D eigenvalue weighted by Crippen LogP contribution is 2.34. The van der Waals surface area contributed by atoms with E-state index in [1.807, 2.05) is 0 Å². The highest BCUT2D eigenvalue weighted by atomic mass is 19.4. The van der Waals surface area contributed by atoms with Crippen molar-refractivity contribution >= 4 is 5.69 Å². The second kappa shape index (κ2) is 3.18. The van der Waals surface area contributed by atoms with Gasteiger partial charge in [-0.15, -0.1) is 0 Å². The van der Waals surface area contributed by atoms with Crippen LogP contribution < -0.4 is 5.73 Å². The summed E-state index contributed by atoms with van der Waals surface area (Å²) in [5.41, 5.74) is 2.28. The summed E-state index contributed by atoms with van der Waals surface area (Å²) in [7, 11) is 0.